The van der Waals surface area contributed by atoms with Crippen molar-refractivity contribution in [2.75, 3.05) is 10.8 Å². The Balaban J connectivity index is 2.59. The van der Waals surface area contributed by atoms with Gasteiger partial charge in [-0.15, -0.1) is 0 Å². The van der Waals surface area contributed by atoms with Crippen LogP contribution in [0.2, 0.25) is 10.0 Å². The smallest absolute Gasteiger partial charge is 0.266 e. The minimum Gasteiger partial charge on any atom is -0.368 e. The first-order valence-electron chi connectivity index (χ1n) is 6.13. The second-order valence-corrected chi connectivity index (χ2v) is 7.06. The van der Waals surface area contributed by atoms with Crippen LogP contribution in [-0.4, -0.2) is 20.9 Å². The minimum absolute atomic E-state index is 0.00908. The van der Waals surface area contributed by atoms with Gasteiger partial charge in [0.1, 0.15) is 11.4 Å². The Morgan fingerprint density at radius 2 is 1.73 bits per heavy atom. The predicted octanol–water partition coefficient (Wildman–Crippen LogP) is 2.67. The Morgan fingerprint density at radius 1 is 1.09 bits per heavy atom. The van der Waals surface area contributed by atoms with Crippen molar-refractivity contribution in [3.8, 4) is 0 Å². The number of nitrogens with zero attached hydrogens (tertiary/aromatic N) is 1. The Hall–Kier alpha value is -1.76. The molecule has 0 radical (unpaired) electrons. The second kappa shape index (κ2) is 6.56. The van der Waals surface area contributed by atoms with E-state index in [0.29, 0.717) is 5.69 Å². The SMILES string of the molecule is NC(=O)CN(c1ccccc1)S(=O)(=O)c1cc(Cl)ccc1Cl. The molecule has 0 aromatic heterocycles. The molecule has 0 aliphatic carbocycles. The summed E-state index contributed by atoms with van der Waals surface area (Å²) in [5.74, 6) is -0.787. The van der Waals surface area contributed by atoms with E-state index in [1.165, 1.54) is 18.2 Å². The van der Waals surface area contributed by atoms with E-state index in [2.05, 4.69) is 0 Å². The third kappa shape index (κ3) is 3.52. The number of amides is 1. The van der Waals surface area contributed by atoms with E-state index >= 15 is 0 Å². The Kier molecular flexibility index (Phi) is 4.95. The molecular formula is C14H12Cl2N2O3S. The molecule has 2 rings (SSSR count). The van der Waals surface area contributed by atoms with Gasteiger partial charge < -0.3 is 5.73 Å². The Labute approximate surface area is 138 Å². The standard InChI is InChI=1S/C14H12Cl2N2O3S/c15-10-6-7-12(16)13(8-10)22(20,21)18(9-14(17)19)11-4-2-1-3-5-11/h1-8H,9H2,(H2,17,19). The maximum absolute atomic E-state index is 12.8. The second-order valence-electron chi connectivity index (χ2n) is 4.39. The van der Waals surface area contributed by atoms with Crippen LogP contribution < -0.4 is 10.0 Å². The largest absolute Gasteiger partial charge is 0.368 e. The molecule has 22 heavy (non-hydrogen) atoms. The number of anilines is 1. The highest BCUT2D eigenvalue weighted by Crippen LogP contribution is 2.30. The molecule has 0 heterocycles. The molecular weight excluding hydrogens is 347 g/mol. The lowest BCUT2D eigenvalue weighted by Crippen LogP contribution is -2.38. The van der Waals surface area contributed by atoms with Crippen molar-refractivity contribution in [3.05, 3.63) is 58.6 Å². The number of rotatable bonds is 5. The highest BCUT2D eigenvalue weighted by molar-refractivity contribution is 7.93. The number of halogens is 2. The van der Waals surface area contributed by atoms with Crippen LogP contribution in [0, 0.1) is 0 Å². The van der Waals surface area contributed by atoms with Crippen LogP contribution in [0.1, 0.15) is 0 Å². The van der Waals surface area contributed by atoms with Crippen LogP contribution in [0.5, 0.6) is 0 Å². The molecule has 5 nitrogen and oxygen atoms in total. The molecule has 2 aromatic carbocycles. The predicted molar refractivity (Wildman–Crippen MR) is 86.6 cm³/mol. The number of nitrogens with two attached hydrogens (primary N) is 1. The number of carbonyl (C=O) groups is 1. The number of hydrogen-bond acceptors (Lipinski definition) is 3. The number of para-hydroxylation sites is 1. The van der Waals surface area contributed by atoms with E-state index in [1.807, 2.05) is 0 Å². The van der Waals surface area contributed by atoms with Crippen LogP contribution in [0.4, 0.5) is 5.69 Å². The first-order chi connectivity index (χ1) is 10.3. The first kappa shape index (κ1) is 16.6. The van der Waals surface area contributed by atoms with Gasteiger partial charge in [0, 0.05) is 5.02 Å². The number of hydrogen-bond donors (Lipinski definition) is 1. The van der Waals surface area contributed by atoms with E-state index in [-0.39, 0.29) is 14.9 Å². The van der Waals surface area contributed by atoms with Crippen molar-refractivity contribution in [1.82, 2.24) is 0 Å². The maximum Gasteiger partial charge on any atom is 0.266 e. The van der Waals surface area contributed by atoms with Crippen LogP contribution in [-0.2, 0) is 14.8 Å². The monoisotopic (exact) mass is 358 g/mol. The summed E-state index contributed by atoms with van der Waals surface area (Å²) in [5, 5.41) is 0.227. The molecule has 0 atom stereocenters. The zero-order valence-electron chi connectivity index (χ0n) is 11.2. The first-order valence-corrected chi connectivity index (χ1v) is 8.33. The highest BCUT2D eigenvalue weighted by Gasteiger charge is 2.28. The third-order valence-electron chi connectivity index (χ3n) is 2.80. The van der Waals surface area contributed by atoms with Crippen molar-refractivity contribution in [3.63, 3.8) is 0 Å². The zero-order valence-corrected chi connectivity index (χ0v) is 13.6. The van der Waals surface area contributed by atoms with Crippen molar-refractivity contribution >= 4 is 44.8 Å². The van der Waals surface area contributed by atoms with Gasteiger partial charge >= 0.3 is 0 Å². The lowest BCUT2D eigenvalue weighted by Gasteiger charge is -2.23. The summed E-state index contributed by atoms with van der Waals surface area (Å²) < 4.78 is 26.5. The summed E-state index contributed by atoms with van der Waals surface area (Å²) in [5.41, 5.74) is 5.47. The number of sulfonamides is 1. The van der Waals surface area contributed by atoms with Crippen LogP contribution in [0.15, 0.2) is 53.4 Å². The van der Waals surface area contributed by atoms with Gasteiger partial charge in [-0.25, -0.2) is 8.42 Å². The molecule has 0 unspecified atom stereocenters. The summed E-state index contributed by atoms with van der Waals surface area (Å²) in [7, 11) is -4.09. The summed E-state index contributed by atoms with van der Waals surface area (Å²) in [6.45, 7) is -0.505. The molecule has 2 aromatic rings. The average Bonchev–Trinajstić information content (AvgIpc) is 2.47. The Bertz CT molecular complexity index is 795. The zero-order chi connectivity index (χ0) is 16.3. The lowest BCUT2D eigenvalue weighted by molar-refractivity contribution is -0.116. The van der Waals surface area contributed by atoms with Gasteiger partial charge in [-0.2, -0.15) is 0 Å². The Morgan fingerprint density at radius 3 is 2.32 bits per heavy atom. The fourth-order valence-corrected chi connectivity index (χ4v) is 4.02. The van der Waals surface area contributed by atoms with E-state index in [4.69, 9.17) is 28.9 Å². The molecule has 0 aliphatic rings. The third-order valence-corrected chi connectivity index (χ3v) is 5.30. The number of primary amides is 1. The van der Waals surface area contributed by atoms with E-state index in [9.17, 15) is 13.2 Å². The average molecular weight is 359 g/mol. The van der Waals surface area contributed by atoms with Gasteiger partial charge in [0.25, 0.3) is 10.0 Å². The van der Waals surface area contributed by atoms with Gasteiger partial charge in [-0.1, -0.05) is 41.4 Å². The molecule has 8 heteroatoms. The molecule has 0 saturated heterocycles. The molecule has 2 N–H and O–H groups in total. The molecule has 0 fully saturated rings. The number of benzene rings is 2. The molecule has 0 saturated carbocycles. The normalized spacial score (nSPS) is 11.2. The summed E-state index contributed by atoms with van der Waals surface area (Å²) in [6.07, 6.45) is 0. The summed E-state index contributed by atoms with van der Waals surface area (Å²) >= 11 is 11.8. The van der Waals surface area contributed by atoms with E-state index in [1.54, 1.807) is 30.3 Å². The fourth-order valence-electron chi connectivity index (χ4n) is 1.84. The fraction of sp³-hybridized carbons (Fsp3) is 0.0714. The van der Waals surface area contributed by atoms with Gasteiger partial charge in [0.2, 0.25) is 5.91 Å². The van der Waals surface area contributed by atoms with Gasteiger partial charge in [-0.05, 0) is 30.3 Å². The minimum atomic E-state index is -4.09. The summed E-state index contributed by atoms with van der Waals surface area (Å²) in [4.78, 5) is 11.1. The number of carbonyl (C=O) groups excluding carboxylic acids is 1. The molecule has 0 aliphatic heterocycles. The maximum atomic E-state index is 12.8. The lowest BCUT2D eigenvalue weighted by atomic mass is 10.3. The molecule has 1 amide bonds. The van der Waals surface area contributed by atoms with Crippen molar-refractivity contribution < 1.29 is 13.2 Å². The van der Waals surface area contributed by atoms with Crippen molar-refractivity contribution in [2.24, 2.45) is 5.73 Å². The van der Waals surface area contributed by atoms with Gasteiger partial charge in [0.05, 0.1) is 10.7 Å². The van der Waals surface area contributed by atoms with E-state index in [0.717, 1.165) is 4.31 Å². The quantitative estimate of drug-likeness (QED) is 0.891. The molecule has 116 valence electrons. The van der Waals surface area contributed by atoms with Gasteiger partial charge in [-0.3, -0.25) is 9.10 Å². The van der Waals surface area contributed by atoms with Gasteiger partial charge in [0.15, 0.2) is 0 Å². The molecule has 0 bridgehead atoms. The van der Waals surface area contributed by atoms with Crippen molar-refractivity contribution in [2.45, 2.75) is 4.90 Å². The van der Waals surface area contributed by atoms with E-state index < -0.39 is 22.5 Å². The van der Waals surface area contributed by atoms with Crippen LogP contribution in [0.25, 0.3) is 0 Å². The topological polar surface area (TPSA) is 80.5 Å². The van der Waals surface area contributed by atoms with Crippen molar-refractivity contribution in [1.29, 1.82) is 0 Å². The highest BCUT2D eigenvalue weighted by atomic mass is 35.5. The molecule has 0 spiro atoms. The van der Waals surface area contributed by atoms with Crippen LogP contribution in [0.3, 0.4) is 0 Å². The summed E-state index contributed by atoms with van der Waals surface area (Å²) in [6, 6.07) is 12.2. The van der Waals surface area contributed by atoms with Crippen LogP contribution >= 0.6 is 23.2 Å².